The molecular weight excluding hydrogens is 416 g/mol. The van der Waals surface area contributed by atoms with E-state index in [2.05, 4.69) is 5.32 Å². The van der Waals surface area contributed by atoms with Gasteiger partial charge in [0.05, 0.1) is 12.7 Å². The van der Waals surface area contributed by atoms with Crippen LogP contribution in [-0.4, -0.2) is 67.0 Å². The normalized spacial score (nSPS) is 15.5. The third-order valence-electron chi connectivity index (χ3n) is 4.77. The van der Waals surface area contributed by atoms with Crippen molar-refractivity contribution in [1.82, 2.24) is 10.2 Å². The fourth-order valence-corrected chi connectivity index (χ4v) is 3.76. The number of thioether (sulfide) groups is 1. The molecular formula is C20H27ClN2O5S. The van der Waals surface area contributed by atoms with Gasteiger partial charge in [0, 0.05) is 37.9 Å². The number of methoxy groups -OCH3 is 1. The van der Waals surface area contributed by atoms with Crippen molar-refractivity contribution in [2.24, 2.45) is 0 Å². The van der Waals surface area contributed by atoms with E-state index in [1.54, 1.807) is 35.7 Å². The number of hydrogen-bond donors (Lipinski definition) is 1. The van der Waals surface area contributed by atoms with Gasteiger partial charge < -0.3 is 19.7 Å². The average molecular weight is 443 g/mol. The zero-order valence-corrected chi connectivity index (χ0v) is 18.5. The smallest absolute Gasteiger partial charge is 0.328 e. The minimum absolute atomic E-state index is 0.0501. The predicted octanol–water partition coefficient (Wildman–Crippen LogP) is 2.75. The second-order valence-electron chi connectivity index (χ2n) is 6.79. The van der Waals surface area contributed by atoms with Crippen molar-refractivity contribution < 1.29 is 23.9 Å². The summed E-state index contributed by atoms with van der Waals surface area (Å²) in [6.07, 6.45) is 3.64. The molecule has 9 heteroatoms. The summed E-state index contributed by atoms with van der Waals surface area (Å²) < 4.78 is 10.9. The zero-order chi connectivity index (χ0) is 21.4. The van der Waals surface area contributed by atoms with E-state index in [9.17, 15) is 14.4 Å². The standard InChI is InChI=1S/C20H27ClN2O5S/c1-13(24)23-9-6-15(7-10-23)28-18-5-4-14(21)12-16(18)19(25)22-17(8-11-29-3)20(26)27-2/h4-5,12,15,17H,6-11H2,1-3H3,(H,22,25). The number of rotatable bonds is 8. The summed E-state index contributed by atoms with van der Waals surface area (Å²) in [5.74, 6) is 0.220. The van der Waals surface area contributed by atoms with Gasteiger partial charge in [-0.25, -0.2) is 4.79 Å². The molecule has 1 fully saturated rings. The van der Waals surface area contributed by atoms with E-state index in [-0.39, 0.29) is 17.6 Å². The number of nitrogens with zero attached hydrogens (tertiary/aromatic N) is 1. The zero-order valence-electron chi connectivity index (χ0n) is 16.9. The highest BCUT2D eigenvalue weighted by atomic mass is 35.5. The van der Waals surface area contributed by atoms with E-state index in [1.807, 2.05) is 6.26 Å². The highest BCUT2D eigenvalue weighted by Crippen LogP contribution is 2.26. The van der Waals surface area contributed by atoms with Crippen molar-refractivity contribution >= 4 is 41.1 Å². The molecule has 1 aromatic carbocycles. The van der Waals surface area contributed by atoms with Crippen molar-refractivity contribution in [2.75, 3.05) is 32.2 Å². The highest BCUT2D eigenvalue weighted by molar-refractivity contribution is 7.98. The third-order valence-corrected chi connectivity index (χ3v) is 5.65. The predicted molar refractivity (Wildman–Crippen MR) is 114 cm³/mol. The molecule has 1 atom stereocenters. The van der Waals surface area contributed by atoms with Crippen LogP contribution in [0, 0.1) is 0 Å². The Hall–Kier alpha value is -1.93. The second kappa shape index (κ2) is 11.3. The lowest BCUT2D eigenvalue weighted by molar-refractivity contribution is -0.143. The van der Waals surface area contributed by atoms with Crippen LogP contribution in [0.3, 0.4) is 0 Å². The molecule has 0 aliphatic carbocycles. The van der Waals surface area contributed by atoms with Crippen LogP contribution in [0.5, 0.6) is 5.75 Å². The van der Waals surface area contributed by atoms with E-state index in [4.69, 9.17) is 21.1 Å². The molecule has 1 saturated heterocycles. The van der Waals surface area contributed by atoms with Crippen LogP contribution in [0.25, 0.3) is 0 Å². The van der Waals surface area contributed by atoms with E-state index >= 15 is 0 Å². The van der Waals surface area contributed by atoms with Gasteiger partial charge >= 0.3 is 5.97 Å². The molecule has 160 valence electrons. The van der Waals surface area contributed by atoms with Crippen LogP contribution in [0.1, 0.15) is 36.5 Å². The quantitative estimate of drug-likeness (QED) is 0.623. The average Bonchev–Trinajstić information content (AvgIpc) is 2.72. The molecule has 0 saturated carbocycles. The van der Waals surface area contributed by atoms with Gasteiger partial charge in [-0.2, -0.15) is 11.8 Å². The minimum atomic E-state index is -0.745. The molecule has 1 aliphatic heterocycles. The van der Waals surface area contributed by atoms with Gasteiger partial charge in [-0.3, -0.25) is 9.59 Å². The van der Waals surface area contributed by atoms with Crippen LogP contribution in [0.15, 0.2) is 18.2 Å². The summed E-state index contributed by atoms with van der Waals surface area (Å²) in [4.78, 5) is 38.1. The number of amides is 2. The molecule has 0 aromatic heterocycles. The van der Waals surface area contributed by atoms with Crippen LogP contribution in [0.4, 0.5) is 0 Å². The van der Waals surface area contributed by atoms with Crippen LogP contribution >= 0.6 is 23.4 Å². The summed E-state index contributed by atoms with van der Waals surface area (Å²) in [7, 11) is 1.29. The third kappa shape index (κ3) is 6.82. The number of nitrogens with one attached hydrogen (secondary N) is 1. The number of halogens is 1. The first-order valence-electron chi connectivity index (χ1n) is 9.45. The van der Waals surface area contributed by atoms with Crippen molar-refractivity contribution in [2.45, 2.75) is 38.3 Å². The lowest BCUT2D eigenvalue weighted by Crippen LogP contribution is -2.42. The van der Waals surface area contributed by atoms with Crippen molar-refractivity contribution in [3.05, 3.63) is 28.8 Å². The Balaban J connectivity index is 2.11. The number of hydrogen-bond acceptors (Lipinski definition) is 6. The number of carbonyl (C=O) groups excluding carboxylic acids is 3. The van der Waals surface area contributed by atoms with Crippen LogP contribution in [-0.2, 0) is 14.3 Å². The lowest BCUT2D eigenvalue weighted by Gasteiger charge is -2.32. The Labute approximate surface area is 180 Å². The van der Waals surface area contributed by atoms with E-state index in [0.717, 1.165) is 0 Å². The number of esters is 1. The maximum absolute atomic E-state index is 12.9. The number of carbonyl (C=O) groups is 3. The number of likely N-dealkylation sites (tertiary alicyclic amines) is 1. The molecule has 1 unspecified atom stereocenters. The van der Waals surface area contributed by atoms with Gasteiger partial charge in [-0.15, -0.1) is 0 Å². The Morgan fingerprint density at radius 3 is 2.59 bits per heavy atom. The topological polar surface area (TPSA) is 84.9 Å². The molecule has 1 aromatic rings. The molecule has 2 rings (SSSR count). The van der Waals surface area contributed by atoms with Gasteiger partial charge in [0.2, 0.25) is 5.91 Å². The SMILES string of the molecule is COC(=O)C(CCSC)NC(=O)c1cc(Cl)ccc1OC1CCN(C(C)=O)CC1. The van der Waals surface area contributed by atoms with Crippen molar-refractivity contribution in [3.8, 4) is 5.75 Å². The summed E-state index contributed by atoms with van der Waals surface area (Å²) in [5.41, 5.74) is 0.268. The number of piperidine rings is 1. The maximum atomic E-state index is 12.9. The molecule has 29 heavy (non-hydrogen) atoms. The fraction of sp³-hybridized carbons (Fsp3) is 0.550. The Morgan fingerprint density at radius 2 is 2.00 bits per heavy atom. The molecule has 7 nitrogen and oxygen atoms in total. The highest BCUT2D eigenvalue weighted by Gasteiger charge is 2.26. The molecule has 2 amide bonds. The van der Waals surface area contributed by atoms with Crippen molar-refractivity contribution in [3.63, 3.8) is 0 Å². The van der Waals surface area contributed by atoms with E-state index in [1.165, 1.54) is 13.2 Å². The summed E-state index contributed by atoms with van der Waals surface area (Å²) in [6, 6.07) is 4.10. The van der Waals surface area contributed by atoms with Gasteiger partial charge in [0.1, 0.15) is 17.9 Å². The van der Waals surface area contributed by atoms with Crippen LogP contribution < -0.4 is 10.1 Å². The second-order valence-corrected chi connectivity index (χ2v) is 8.22. The van der Waals surface area contributed by atoms with Gasteiger partial charge in [-0.1, -0.05) is 11.6 Å². The molecule has 0 bridgehead atoms. The van der Waals surface area contributed by atoms with Crippen molar-refractivity contribution in [1.29, 1.82) is 0 Å². The first-order valence-corrected chi connectivity index (χ1v) is 11.2. The molecule has 1 heterocycles. The van der Waals surface area contributed by atoms with Crippen LogP contribution in [0.2, 0.25) is 5.02 Å². The molecule has 1 aliphatic rings. The molecule has 0 spiro atoms. The Morgan fingerprint density at radius 1 is 1.31 bits per heavy atom. The van der Waals surface area contributed by atoms with Gasteiger partial charge in [0.25, 0.3) is 5.91 Å². The summed E-state index contributed by atoms with van der Waals surface area (Å²) >= 11 is 7.67. The number of ether oxygens (including phenoxy) is 2. The first-order chi connectivity index (χ1) is 13.8. The number of benzene rings is 1. The van der Waals surface area contributed by atoms with E-state index < -0.39 is 17.9 Å². The van der Waals surface area contributed by atoms with Gasteiger partial charge in [0.15, 0.2) is 0 Å². The largest absolute Gasteiger partial charge is 0.489 e. The summed E-state index contributed by atoms with van der Waals surface area (Å²) in [5, 5.41) is 3.12. The molecule has 0 radical (unpaired) electrons. The lowest BCUT2D eigenvalue weighted by atomic mass is 10.1. The Kier molecular flexibility index (Phi) is 9.10. The molecule has 1 N–H and O–H groups in total. The Bertz CT molecular complexity index is 738. The summed E-state index contributed by atoms with van der Waals surface area (Å²) in [6.45, 7) is 2.79. The van der Waals surface area contributed by atoms with E-state index in [0.29, 0.717) is 48.9 Å². The fourth-order valence-electron chi connectivity index (χ4n) is 3.11. The maximum Gasteiger partial charge on any atom is 0.328 e. The first kappa shape index (κ1) is 23.3. The minimum Gasteiger partial charge on any atom is -0.489 e. The monoisotopic (exact) mass is 442 g/mol. The van der Waals surface area contributed by atoms with Gasteiger partial charge in [-0.05, 0) is 36.6 Å².